The van der Waals surface area contributed by atoms with Crippen molar-refractivity contribution in [2.24, 2.45) is 0 Å². The van der Waals surface area contributed by atoms with Gasteiger partial charge in [-0.2, -0.15) is 0 Å². The van der Waals surface area contributed by atoms with Gasteiger partial charge >= 0.3 is 0 Å². The van der Waals surface area contributed by atoms with Crippen LogP contribution in [0.3, 0.4) is 0 Å². The third kappa shape index (κ3) is 4.81. The quantitative estimate of drug-likeness (QED) is 0.500. The van der Waals surface area contributed by atoms with E-state index in [9.17, 15) is 4.79 Å². The van der Waals surface area contributed by atoms with E-state index in [1.165, 1.54) is 11.8 Å². The molecule has 8 heteroatoms. The van der Waals surface area contributed by atoms with Crippen molar-refractivity contribution >= 4 is 17.7 Å². The van der Waals surface area contributed by atoms with Gasteiger partial charge < -0.3 is 14.4 Å². The highest BCUT2D eigenvalue weighted by Crippen LogP contribution is 2.38. The van der Waals surface area contributed by atoms with Gasteiger partial charge in [-0.05, 0) is 43.7 Å². The minimum absolute atomic E-state index is 0.0776. The molecule has 0 bridgehead atoms. The fourth-order valence-electron chi connectivity index (χ4n) is 3.70. The normalized spacial score (nSPS) is 15.1. The van der Waals surface area contributed by atoms with Gasteiger partial charge in [0, 0.05) is 24.7 Å². The molecule has 1 aromatic heterocycles. The van der Waals surface area contributed by atoms with Crippen molar-refractivity contribution in [1.82, 2.24) is 19.7 Å². The van der Waals surface area contributed by atoms with Crippen molar-refractivity contribution < 1.29 is 14.3 Å². The van der Waals surface area contributed by atoms with E-state index in [1.807, 2.05) is 59.5 Å². The van der Waals surface area contributed by atoms with E-state index >= 15 is 0 Å². The zero-order valence-electron chi connectivity index (χ0n) is 18.6. The van der Waals surface area contributed by atoms with E-state index in [4.69, 9.17) is 9.47 Å². The second-order valence-electron chi connectivity index (χ2n) is 7.84. The molecule has 1 saturated heterocycles. The van der Waals surface area contributed by atoms with Gasteiger partial charge in [-0.25, -0.2) is 0 Å². The number of hydrogen-bond donors (Lipinski definition) is 0. The summed E-state index contributed by atoms with van der Waals surface area (Å²) in [6, 6.07) is 17.8. The summed E-state index contributed by atoms with van der Waals surface area (Å²) in [5, 5.41) is 9.31. The van der Waals surface area contributed by atoms with Crippen molar-refractivity contribution in [3.05, 3.63) is 60.2 Å². The second kappa shape index (κ2) is 10.2. The Balaban J connectivity index is 1.68. The minimum Gasteiger partial charge on any atom is -0.497 e. The summed E-state index contributed by atoms with van der Waals surface area (Å²) in [4.78, 5) is 15.4. The number of ether oxygens (including phenoxy) is 2. The minimum atomic E-state index is -0.403. The summed E-state index contributed by atoms with van der Waals surface area (Å²) in [6.07, 6.45) is 0. The van der Waals surface area contributed by atoms with Crippen LogP contribution in [0.2, 0.25) is 0 Å². The van der Waals surface area contributed by atoms with Crippen molar-refractivity contribution in [3.63, 3.8) is 0 Å². The van der Waals surface area contributed by atoms with Crippen LogP contribution in [0.25, 0.3) is 11.4 Å². The summed E-state index contributed by atoms with van der Waals surface area (Å²) in [5.74, 6) is 1.64. The monoisotopic (exact) mass is 452 g/mol. The fraction of sp³-hybridized carbons (Fsp3) is 0.375. The molecule has 0 saturated carbocycles. The lowest BCUT2D eigenvalue weighted by Crippen LogP contribution is -2.42. The SMILES string of the molecule is COc1ccc(-c2nnc(S[C@H](C(=O)N3CCOCC3)c3ccccc3)n2C(C)C)cc1. The molecule has 1 fully saturated rings. The molecule has 1 aliphatic heterocycles. The van der Waals surface area contributed by atoms with Crippen LogP contribution in [-0.4, -0.2) is 59.0 Å². The summed E-state index contributed by atoms with van der Waals surface area (Å²) >= 11 is 1.45. The van der Waals surface area contributed by atoms with Crippen LogP contribution in [0.5, 0.6) is 5.75 Å². The van der Waals surface area contributed by atoms with Gasteiger partial charge in [0.2, 0.25) is 5.91 Å². The predicted molar refractivity (Wildman–Crippen MR) is 125 cm³/mol. The number of benzene rings is 2. The molecule has 168 valence electrons. The number of carbonyl (C=O) groups is 1. The smallest absolute Gasteiger partial charge is 0.240 e. The Hall–Kier alpha value is -2.84. The zero-order valence-corrected chi connectivity index (χ0v) is 19.4. The van der Waals surface area contributed by atoms with E-state index in [2.05, 4.69) is 28.6 Å². The Kier molecular flexibility index (Phi) is 7.12. The molecule has 2 heterocycles. The Morgan fingerprint density at radius 3 is 2.34 bits per heavy atom. The van der Waals surface area contributed by atoms with E-state index in [0.29, 0.717) is 26.3 Å². The second-order valence-corrected chi connectivity index (χ2v) is 8.92. The van der Waals surface area contributed by atoms with Crippen LogP contribution in [0, 0.1) is 0 Å². The first-order chi connectivity index (χ1) is 15.6. The van der Waals surface area contributed by atoms with Gasteiger partial charge in [-0.15, -0.1) is 10.2 Å². The van der Waals surface area contributed by atoms with Crippen molar-refractivity contribution in [2.75, 3.05) is 33.4 Å². The lowest BCUT2D eigenvalue weighted by molar-refractivity contribution is -0.134. The molecule has 1 atom stereocenters. The molecule has 7 nitrogen and oxygen atoms in total. The Morgan fingerprint density at radius 2 is 1.72 bits per heavy atom. The first-order valence-corrected chi connectivity index (χ1v) is 11.6. The number of thioether (sulfide) groups is 1. The number of amides is 1. The van der Waals surface area contributed by atoms with Gasteiger partial charge in [0.15, 0.2) is 11.0 Å². The molecule has 2 aromatic carbocycles. The van der Waals surface area contributed by atoms with E-state index in [1.54, 1.807) is 7.11 Å². The van der Waals surface area contributed by atoms with E-state index in [0.717, 1.165) is 27.9 Å². The standard InChI is InChI=1S/C24H28N4O3S/c1-17(2)28-22(19-9-11-20(30-3)12-10-19)25-26-24(28)32-21(18-7-5-4-6-8-18)23(29)27-13-15-31-16-14-27/h4-12,17,21H,13-16H2,1-3H3/t21-/m0/s1. The van der Waals surface area contributed by atoms with E-state index in [-0.39, 0.29) is 11.9 Å². The lowest BCUT2D eigenvalue weighted by Gasteiger charge is -2.30. The first kappa shape index (κ1) is 22.4. The molecule has 0 spiro atoms. The highest BCUT2D eigenvalue weighted by Gasteiger charge is 2.31. The van der Waals surface area contributed by atoms with Gasteiger partial charge in [-0.1, -0.05) is 42.1 Å². The van der Waals surface area contributed by atoms with Crippen LogP contribution in [-0.2, 0) is 9.53 Å². The molecule has 3 aromatic rings. The van der Waals surface area contributed by atoms with Gasteiger partial charge in [-0.3, -0.25) is 9.36 Å². The fourth-order valence-corrected chi connectivity index (χ4v) is 4.96. The summed E-state index contributed by atoms with van der Waals surface area (Å²) in [6.45, 7) is 6.56. The molecule has 32 heavy (non-hydrogen) atoms. The maximum absolute atomic E-state index is 13.5. The number of carbonyl (C=O) groups excluding carboxylic acids is 1. The highest BCUT2D eigenvalue weighted by molar-refractivity contribution is 8.00. The maximum atomic E-state index is 13.5. The van der Waals surface area contributed by atoms with Crippen molar-refractivity contribution in [1.29, 1.82) is 0 Å². The van der Waals surface area contributed by atoms with Gasteiger partial charge in [0.05, 0.1) is 20.3 Å². The summed E-state index contributed by atoms with van der Waals surface area (Å²) in [5.41, 5.74) is 1.91. The van der Waals surface area contributed by atoms with Crippen LogP contribution in [0.1, 0.15) is 30.7 Å². The molecule has 0 unspecified atom stereocenters. The first-order valence-electron chi connectivity index (χ1n) is 10.8. The van der Waals surface area contributed by atoms with Crippen LogP contribution in [0.15, 0.2) is 59.8 Å². The predicted octanol–water partition coefficient (Wildman–Crippen LogP) is 4.23. The van der Waals surface area contributed by atoms with E-state index < -0.39 is 5.25 Å². The summed E-state index contributed by atoms with van der Waals surface area (Å²) in [7, 11) is 1.65. The van der Waals surface area contributed by atoms with Crippen LogP contribution >= 0.6 is 11.8 Å². The zero-order chi connectivity index (χ0) is 22.5. The van der Waals surface area contributed by atoms with Gasteiger partial charge in [0.25, 0.3) is 0 Å². The van der Waals surface area contributed by atoms with Gasteiger partial charge in [0.1, 0.15) is 11.0 Å². The largest absolute Gasteiger partial charge is 0.497 e. The Morgan fingerprint density at radius 1 is 1.03 bits per heavy atom. The molecule has 0 radical (unpaired) electrons. The molecule has 0 N–H and O–H groups in total. The maximum Gasteiger partial charge on any atom is 0.240 e. The molecule has 0 aliphatic carbocycles. The third-order valence-electron chi connectivity index (χ3n) is 5.40. The molecule has 1 aliphatic rings. The Labute approximate surface area is 192 Å². The topological polar surface area (TPSA) is 69.5 Å². The average molecular weight is 453 g/mol. The van der Waals surface area contributed by atoms with Crippen LogP contribution in [0.4, 0.5) is 0 Å². The van der Waals surface area contributed by atoms with Crippen molar-refractivity contribution in [3.8, 4) is 17.1 Å². The number of nitrogens with zero attached hydrogens (tertiary/aromatic N) is 4. The highest BCUT2D eigenvalue weighted by atomic mass is 32.2. The number of rotatable bonds is 7. The molecule has 4 rings (SSSR count). The average Bonchev–Trinajstić information content (AvgIpc) is 3.27. The summed E-state index contributed by atoms with van der Waals surface area (Å²) < 4.78 is 12.8. The number of hydrogen-bond acceptors (Lipinski definition) is 6. The van der Waals surface area contributed by atoms with Crippen molar-refractivity contribution in [2.45, 2.75) is 30.3 Å². The lowest BCUT2D eigenvalue weighted by atomic mass is 10.1. The molecular formula is C24H28N4O3S. The third-order valence-corrected chi connectivity index (χ3v) is 6.60. The Bertz CT molecular complexity index is 1030. The molecule has 1 amide bonds. The number of aromatic nitrogens is 3. The molecular weight excluding hydrogens is 424 g/mol. The number of morpholine rings is 1. The van der Waals surface area contributed by atoms with Crippen LogP contribution < -0.4 is 4.74 Å². The number of methoxy groups -OCH3 is 1.